The van der Waals surface area contributed by atoms with Crippen LogP contribution in [-0.2, 0) is 11.3 Å². The third-order valence-corrected chi connectivity index (χ3v) is 2.51. The molecule has 0 aliphatic rings. The highest BCUT2D eigenvalue weighted by atomic mass is 16.5. The van der Waals surface area contributed by atoms with E-state index in [1.165, 1.54) is 7.11 Å². The highest BCUT2D eigenvalue weighted by Crippen LogP contribution is 2.07. The maximum Gasteiger partial charge on any atom is 0.337 e. The van der Waals surface area contributed by atoms with Gasteiger partial charge in [0.1, 0.15) is 5.69 Å². The molecular formula is C13H12N2O3. The lowest BCUT2D eigenvalue weighted by Gasteiger charge is -2.03. The Morgan fingerprint density at radius 3 is 2.67 bits per heavy atom. The lowest BCUT2D eigenvalue weighted by atomic mass is 10.1. The fourth-order valence-corrected chi connectivity index (χ4v) is 1.60. The summed E-state index contributed by atoms with van der Waals surface area (Å²) in [5.74, 6) is -0.354. The summed E-state index contributed by atoms with van der Waals surface area (Å²) >= 11 is 0. The Bertz CT molecular complexity index is 558. The molecule has 92 valence electrons. The van der Waals surface area contributed by atoms with Crippen molar-refractivity contribution in [2.45, 2.75) is 6.54 Å². The van der Waals surface area contributed by atoms with Crippen LogP contribution in [0.15, 0.2) is 36.8 Å². The largest absolute Gasteiger partial charge is 0.465 e. The van der Waals surface area contributed by atoms with Gasteiger partial charge in [0.2, 0.25) is 0 Å². The second-order valence-corrected chi connectivity index (χ2v) is 3.78. The summed E-state index contributed by atoms with van der Waals surface area (Å²) in [6.45, 7) is 0.599. The Balaban J connectivity index is 2.10. The molecule has 0 unspecified atom stereocenters. The average molecular weight is 244 g/mol. The van der Waals surface area contributed by atoms with E-state index in [-0.39, 0.29) is 5.97 Å². The predicted octanol–water partition coefficient (Wildman–Crippen LogP) is 1.53. The topological polar surface area (TPSA) is 61.2 Å². The van der Waals surface area contributed by atoms with Gasteiger partial charge in [-0.05, 0) is 17.7 Å². The average Bonchev–Trinajstić information content (AvgIpc) is 2.86. The summed E-state index contributed by atoms with van der Waals surface area (Å²) < 4.78 is 6.42. The van der Waals surface area contributed by atoms with Crippen molar-refractivity contribution in [1.82, 2.24) is 9.55 Å². The number of carbonyl (C=O) groups is 2. The molecule has 1 heterocycles. The van der Waals surface area contributed by atoms with Crippen molar-refractivity contribution < 1.29 is 14.3 Å². The molecule has 0 saturated carbocycles. The van der Waals surface area contributed by atoms with Crippen molar-refractivity contribution in [2.75, 3.05) is 7.11 Å². The van der Waals surface area contributed by atoms with Crippen molar-refractivity contribution in [3.63, 3.8) is 0 Å². The van der Waals surface area contributed by atoms with E-state index in [4.69, 9.17) is 0 Å². The number of benzene rings is 1. The summed E-state index contributed by atoms with van der Waals surface area (Å²) in [5, 5.41) is 0. The number of carbonyl (C=O) groups excluding carboxylic acids is 2. The van der Waals surface area contributed by atoms with Crippen LogP contribution in [0, 0.1) is 0 Å². The molecule has 1 aromatic heterocycles. The van der Waals surface area contributed by atoms with Gasteiger partial charge < -0.3 is 9.30 Å². The summed E-state index contributed by atoms with van der Waals surface area (Å²) in [5.41, 5.74) is 1.93. The summed E-state index contributed by atoms with van der Waals surface area (Å²) in [6.07, 6.45) is 3.97. The van der Waals surface area contributed by atoms with E-state index in [1.807, 2.05) is 12.1 Å². The molecule has 18 heavy (non-hydrogen) atoms. The molecule has 0 fully saturated rings. The van der Waals surface area contributed by atoms with Gasteiger partial charge in [0, 0.05) is 12.7 Å². The second-order valence-electron chi connectivity index (χ2n) is 3.78. The second kappa shape index (κ2) is 5.27. The first-order valence-corrected chi connectivity index (χ1v) is 5.37. The molecule has 0 N–H and O–H groups in total. The molecule has 1 aromatic carbocycles. The molecule has 0 bridgehead atoms. The molecule has 0 spiro atoms. The van der Waals surface area contributed by atoms with Gasteiger partial charge in [-0.1, -0.05) is 12.1 Å². The number of ether oxygens (including phenoxy) is 1. The SMILES string of the molecule is COC(=O)c1ccc(Cn2cnc(C=O)c2)cc1. The molecular weight excluding hydrogens is 232 g/mol. The first kappa shape index (κ1) is 12.0. The first-order valence-electron chi connectivity index (χ1n) is 5.37. The van der Waals surface area contributed by atoms with Gasteiger partial charge in [-0.2, -0.15) is 0 Å². The minimum atomic E-state index is -0.354. The van der Waals surface area contributed by atoms with Crippen LogP contribution in [0.25, 0.3) is 0 Å². The highest BCUT2D eigenvalue weighted by Gasteiger charge is 2.04. The van der Waals surface area contributed by atoms with Crippen molar-refractivity contribution >= 4 is 12.3 Å². The van der Waals surface area contributed by atoms with Crippen LogP contribution in [0.1, 0.15) is 26.4 Å². The van der Waals surface area contributed by atoms with Crippen LogP contribution in [0.4, 0.5) is 0 Å². The Hall–Kier alpha value is -2.43. The summed E-state index contributed by atoms with van der Waals surface area (Å²) in [6, 6.07) is 7.09. The number of hydrogen-bond acceptors (Lipinski definition) is 4. The number of aldehydes is 1. The maximum absolute atomic E-state index is 11.2. The fourth-order valence-electron chi connectivity index (χ4n) is 1.60. The molecule has 5 heteroatoms. The maximum atomic E-state index is 11.2. The summed E-state index contributed by atoms with van der Waals surface area (Å²) in [4.78, 5) is 25.7. The monoisotopic (exact) mass is 244 g/mol. The van der Waals surface area contributed by atoms with Crippen molar-refractivity contribution in [1.29, 1.82) is 0 Å². The molecule has 0 saturated heterocycles. The Morgan fingerprint density at radius 1 is 1.39 bits per heavy atom. The van der Waals surface area contributed by atoms with E-state index >= 15 is 0 Å². The Kier molecular flexibility index (Phi) is 3.52. The molecule has 0 aliphatic carbocycles. The van der Waals surface area contributed by atoms with Gasteiger partial charge in [0.25, 0.3) is 0 Å². The highest BCUT2D eigenvalue weighted by molar-refractivity contribution is 5.89. The van der Waals surface area contributed by atoms with Gasteiger partial charge in [-0.25, -0.2) is 9.78 Å². The first-order chi connectivity index (χ1) is 8.72. The van der Waals surface area contributed by atoms with Crippen LogP contribution < -0.4 is 0 Å². The number of methoxy groups -OCH3 is 1. The third-order valence-electron chi connectivity index (χ3n) is 2.51. The van der Waals surface area contributed by atoms with Gasteiger partial charge in [-0.3, -0.25) is 4.79 Å². The van der Waals surface area contributed by atoms with E-state index in [9.17, 15) is 9.59 Å². The van der Waals surface area contributed by atoms with E-state index in [0.717, 1.165) is 5.56 Å². The van der Waals surface area contributed by atoms with Crippen LogP contribution >= 0.6 is 0 Å². The van der Waals surface area contributed by atoms with Gasteiger partial charge >= 0.3 is 5.97 Å². The van der Waals surface area contributed by atoms with Crippen LogP contribution in [-0.4, -0.2) is 28.9 Å². The van der Waals surface area contributed by atoms with Crippen LogP contribution in [0.2, 0.25) is 0 Å². The number of aromatic nitrogens is 2. The van der Waals surface area contributed by atoms with E-state index in [1.54, 1.807) is 29.2 Å². The quantitative estimate of drug-likeness (QED) is 0.604. The Labute approximate surface area is 104 Å². The zero-order valence-electron chi connectivity index (χ0n) is 9.87. The van der Waals surface area contributed by atoms with E-state index < -0.39 is 0 Å². The van der Waals surface area contributed by atoms with Crippen molar-refractivity contribution in [3.8, 4) is 0 Å². The Morgan fingerprint density at radius 2 is 2.11 bits per heavy atom. The summed E-state index contributed by atoms with van der Waals surface area (Å²) in [7, 11) is 1.35. The number of imidazole rings is 1. The van der Waals surface area contributed by atoms with Crippen molar-refractivity contribution in [3.05, 3.63) is 53.6 Å². The number of hydrogen-bond donors (Lipinski definition) is 0. The lowest BCUT2D eigenvalue weighted by Crippen LogP contribution is -2.02. The van der Waals surface area contributed by atoms with Gasteiger partial charge in [0.15, 0.2) is 6.29 Å². The zero-order valence-corrected chi connectivity index (χ0v) is 9.87. The molecule has 0 atom stereocenters. The van der Waals surface area contributed by atoms with E-state index in [2.05, 4.69) is 9.72 Å². The minimum absolute atomic E-state index is 0.354. The fraction of sp³-hybridized carbons (Fsp3) is 0.154. The van der Waals surface area contributed by atoms with Crippen molar-refractivity contribution in [2.24, 2.45) is 0 Å². The van der Waals surface area contributed by atoms with E-state index in [0.29, 0.717) is 24.1 Å². The molecule has 2 aromatic rings. The normalized spacial score (nSPS) is 10.1. The number of nitrogens with zero attached hydrogens (tertiary/aromatic N) is 2. The lowest BCUT2D eigenvalue weighted by molar-refractivity contribution is 0.0600. The van der Waals surface area contributed by atoms with Gasteiger partial charge in [-0.15, -0.1) is 0 Å². The van der Waals surface area contributed by atoms with Gasteiger partial charge in [0.05, 0.1) is 19.0 Å². The van der Waals surface area contributed by atoms with Crippen LogP contribution in [0.3, 0.4) is 0 Å². The molecule has 2 rings (SSSR count). The number of esters is 1. The standard InChI is InChI=1S/C13H12N2O3/c1-18-13(17)11-4-2-10(3-5-11)6-15-7-12(8-16)14-9-15/h2-5,7-9H,6H2,1H3. The third kappa shape index (κ3) is 2.63. The molecule has 0 radical (unpaired) electrons. The molecule has 0 aliphatic heterocycles. The predicted molar refractivity (Wildman–Crippen MR) is 64.5 cm³/mol. The zero-order chi connectivity index (χ0) is 13.0. The van der Waals surface area contributed by atoms with Crippen LogP contribution in [0.5, 0.6) is 0 Å². The minimum Gasteiger partial charge on any atom is -0.465 e. The number of rotatable bonds is 4. The molecule has 5 nitrogen and oxygen atoms in total. The molecule has 0 amide bonds. The smallest absolute Gasteiger partial charge is 0.337 e.